The highest BCUT2D eigenvalue weighted by atomic mass is 16.2. The molecular formula is C29H39N3O2. The molecule has 5 atom stereocenters. The maximum Gasteiger partial charge on any atom is 0.227 e. The standard InChI is InChI=1S/C29H39N3O2/c1-20(2)27(21(3)28(30)33)29(34)32-18-25(23-12-8-5-9-13-23)16-26(32)19-31-15-14-24(17-31)22-10-6-4-7-11-22/h4-13,20-21,24-27H,14-19H2,1-3H3,(H2,30,33)/t21?,24?,25-,26-,27+/m0/s1. The van der Waals surface area contributed by atoms with Crippen LogP contribution in [0, 0.1) is 17.8 Å². The SMILES string of the molecule is CC(C)[C@@H](C(=O)N1C[C@@H](c2ccccc2)C[C@H]1CN1CCC(c2ccccc2)C1)C(C)C(N)=O. The zero-order valence-electron chi connectivity index (χ0n) is 20.8. The molecule has 0 bridgehead atoms. The molecule has 0 saturated carbocycles. The fraction of sp³-hybridized carbons (Fsp3) is 0.517. The summed E-state index contributed by atoms with van der Waals surface area (Å²) in [6.45, 7) is 9.52. The van der Waals surface area contributed by atoms with E-state index in [1.54, 1.807) is 6.92 Å². The van der Waals surface area contributed by atoms with E-state index >= 15 is 0 Å². The van der Waals surface area contributed by atoms with Crippen LogP contribution in [0.25, 0.3) is 0 Å². The molecule has 2 saturated heterocycles. The summed E-state index contributed by atoms with van der Waals surface area (Å²) in [4.78, 5) is 30.5. The largest absolute Gasteiger partial charge is 0.369 e. The first-order valence-electron chi connectivity index (χ1n) is 12.8. The Labute approximate surface area is 204 Å². The molecule has 4 rings (SSSR count). The minimum Gasteiger partial charge on any atom is -0.369 e. The average Bonchev–Trinajstić information content (AvgIpc) is 3.48. The first-order valence-corrected chi connectivity index (χ1v) is 12.8. The van der Waals surface area contributed by atoms with Gasteiger partial charge in [0.1, 0.15) is 0 Å². The lowest BCUT2D eigenvalue weighted by Crippen LogP contribution is -2.49. The lowest BCUT2D eigenvalue weighted by Gasteiger charge is -2.34. The van der Waals surface area contributed by atoms with Gasteiger partial charge >= 0.3 is 0 Å². The van der Waals surface area contributed by atoms with Crippen LogP contribution in [0.3, 0.4) is 0 Å². The molecule has 5 heteroatoms. The Hall–Kier alpha value is -2.66. The van der Waals surface area contributed by atoms with Crippen LogP contribution < -0.4 is 5.73 Å². The van der Waals surface area contributed by atoms with E-state index in [9.17, 15) is 9.59 Å². The number of carbonyl (C=O) groups is 2. The lowest BCUT2D eigenvalue weighted by atomic mass is 9.82. The Balaban J connectivity index is 1.53. The minimum atomic E-state index is -0.474. The zero-order chi connectivity index (χ0) is 24.2. The number of benzene rings is 2. The quantitative estimate of drug-likeness (QED) is 0.639. The fourth-order valence-electron chi connectivity index (χ4n) is 6.07. The Morgan fingerprint density at radius 3 is 2.06 bits per heavy atom. The molecule has 0 spiro atoms. The van der Waals surface area contributed by atoms with Gasteiger partial charge in [-0.1, -0.05) is 81.4 Å². The van der Waals surface area contributed by atoms with Crippen LogP contribution in [-0.2, 0) is 9.59 Å². The third kappa shape index (κ3) is 5.35. The molecule has 182 valence electrons. The van der Waals surface area contributed by atoms with Crippen molar-refractivity contribution in [3.8, 4) is 0 Å². The number of likely N-dealkylation sites (tertiary alicyclic amines) is 2. The van der Waals surface area contributed by atoms with E-state index in [0.29, 0.717) is 18.4 Å². The van der Waals surface area contributed by atoms with Gasteiger partial charge in [-0.25, -0.2) is 0 Å². The molecule has 2 N–H and O–H groups in total. The van der Waals surface area contributed by atoms with Crippen LogP contribution in [0.4, 0.5) is 0 Å². The lowest BCUT2D eigenvalue weighted by molar-refractivity contribution is -0.143. The molecular weight excluding hydrogens is 422 g/mol. The molecule has 2 amide bonds. The summed E-state index contributed by atoms with van der Waals surface area (Å²) in [6.07, 6.45) is 2.11. The van der Waals surface area contributed by atoms with E-state index in [2.05, 4.69) is 64.4 Å². The van der Waals surface area contributed by atoms with Crippen LogP contribution in [0.2, 0.25) is 0 Å². The van der Waals surface area contributed by atoms with E-state index in [1.165, 1.54) is 11.1 Å². The molecule has 2 aliphatic rings. The number of carbonyl (C=O) groups excluding carboxylic acids is 2. The summed E-state index contributed by atoms with van der Waals surface area (Å²) in [7, 11) is 0. The van der Waals surface area contributed by atoms with E-state index in [-0.39, 0.29) is 23.8 Å². The molecule has 2 aromatic carbocycles. The van der Waals surface area contributed by atoms with Gasteiger partial charge in [-0.2, -0.15) is 0 Å². The third-order valence-corrected chi connectivity index (χ3v) is 7.97. The Bertz CT molecular complexity index is 962. The zero-order valence-corrected chi connectivity index (χ0v) is 20.8. The van der Waals surface area contributed by atoms with Gasteiger partial charge in [-0.15, -0.1) is 0 Å². The smallest absolute Gasteiger partial charge is 0.227 e. The molecule has 0 radical (unpaired) electrons. The number of nitrogens with zero attached hydrogens (tertiary/aromatic N) is 2. The third-order valence-electron chi connectivity index (χ3n) is 7.97. The van der Waals surface area contributed by atoms with Gasteiger partial charge in [-0.05, 0) is 42.3 Å². The van der Waals surface area contributed by atoms with Gasteiger partial charge in [-0.3, -0.25) is 9.59 Å². The molecule has 0 aliphatic carbocycles. The van der Waals surface area contributed by atoms with Crippen molar-refractivity contribution in [2.45, 2.75) is 51.5 Å². The molecule has 2 unspecified atom stereocenters. The maximum atomic E-state index is 13.9. The topological polar surface area (TPSA) is 66.6 Å². The van der Waals surface area contributed by atoms with Gasteiger partial charge in [0.2, 0.25) is 11.8 Å². The summed E-state index contributed by atoms with van der Waals surface area (Å²) in [5.41, 5.74) is 8.34. The van der Waals surface area contributed by atoms with Crippen molar-refractivity contribution >= 4 is 11.8 Å². The first kappa shape index (κ1) is 24.5. The van der Waals surface area contributed by atoms with Crippen LogP contribution >= 0.6 is 0 Å². The van der Waals surface area contributed by atoms with E-state index in [4.69, 9.17) is 5.73 Å². The summed E-state index contributed by atoms with van der Waals surface area (Å²) in [5, 5.41) is 0. The summed E-state index contributed by atoms with van der Waals surface area (Å²) >= 11 is 0. The minimum absolute atomic E-state index is 0.0562. The Morgan fingerprint density at radius 2 is 1.50 bits per heavy atom. The molecule has 5 nitrogen and oxygen atoms in total. The second kappa shape index (κ2) is 10.7. The molecule has 2 aromatic rings. The predicted octanol–water partition coefficient (Wildman–Crippen LogP) is 4.25. The monoisotopic (exact) mass is 461 g/mol. The van der Waals surface area contributed by atoms with Crippen molar-refractivity contribution in [1.29, 1.82) is 0 Å². The van der Waals surface area contributed by atoms with Gasteiger partial charge in [0.15, 0.2) is 0 Å². The second-order valence-corrected chi connectivity index (χ2v) is 10.6. The van der Waals surface area contributed by atoms with Crippen LogP contribution in [0.5, 0.6) is 0 Å². The van der Waals surface area contributed by atoms with Gasteiger partial charge in [0.05, 0.1) is 5.92 Å². The summed E-state index contributed by atoms with van der Waals surface area (Å²) in [6, 6.07) is 21.4. The van der Waals surface area contributed by atoms with E-state index in [1.807, 2.05) is 19.9 Å². The molecule has 2 fully saturated rings. The van der Waals surface area contributed by atoms with Crippen molar-refractivity contribution in [2.75, 3.05) is 26.2 Å². The van der Waals surface area contributed by atoms with E-state index in [0.717, 1.165) is 32.5 Å². The normalized spacial score (nSPS) is 24.9. The maximum absolute atomic E-state index is 13.9. The highest BCUT2D eigenvalue weighted by molar-refractivity contribution is 5.87. The summed E-state index contributed by atoms with van der Waals surface area (Å²) in [5.74, 6) is -0.241. The first-order chi connectivity index (χ1) is 16.3. The number of nitrogens with two attached hydrogens (primary N) is 1. The van der Waals surface area contributed by atoms with Crippen LogP contribution in [0.15, 0.2) is 60.7 Å². The summed E-state index contributed by atoms with van der Waals surface area (Å²) < 4.78 is 0. The number of hydrogen-bond acceptors (Lipinski definition) is 3. The van der Waals surface area contributed by atoms with Crippen molar-refractivity contribution < 1.29 is 9.59 Å². The van der Waals surface area contributed by atoms with Crippen molar-refractivity contribution in [1.82, 2.24) is 9.80 Å². The van der Waals surface area contributed by atoms with E-state index < -0.39 is 11.8 Å². The molecule has 2 heterocycles. The van der Waals surface area contributed by atoms with Crippen LogP contribution in [0.1, 0.15) is 56.6 Å². The van der Waals surface area contributed by atoms with Gasteiger partial charge < -0.3 is 15.5 Å². The molecule has 34 heavy (non-hydrogen) atoms. The fourth-order valence-corrected chi connectivity index (χ4v) is 6.07. The van der Waals surface area contributed by atoms with Gasteiger partial charge in [0, 0.05) is 37.5 Å². The number of hydrogen-bond donors (Lipinski definition) is 1. The van der Waals surface area contributed by atoms with Crippen molar-refractivity contribution in [2.24, 2.45) is 23.5 Å². The predicted molar refractivity (Wildman–Crippen MR) is 136 cm³/mol. The second-order valence-electron chi connectivity index (χ2n) is 10.6. The average molecular weight is 462 g/mol. The molecule has 0 aromatic heterocycles. The number of primary amides is 1. The highest BCUT2D eigenvalue weighted by Crippen LogP contribution is 2.36. The molecule has 2 aliphatic heterocycles. The van der Waals surface area contributed by atoms with Crippen molar-refractivity contribution in [3.05, 3.63) is 71.8 Å². The Kier molecular flexibility index (Phi) is 7.72. The Morgan fingerprint density at radius 1 is 0.912 bits per heavy atom. The highest BCUT2D eigenvalue weighted by Gasteiger charge is 2.43. The number of rotatable bonds is 8. The van der Waals surface area contributed by atoms with Crippen molar-refractivity contribution in [3.63, 3.8) is 0 Å². The number of amides is 2. The van der Waals surface area contributed by atoms with Crippen LogP contribution in [-0.4, -0.2) is 53.8 Å². The van der Waals surface area contributed by atoms with Gasteiger partial charge in [0.25, 0.3) is 0 Å².